The van der Waals surface area contributed by atoms with Crippen molar-refractivity contribution >= 4 is 27.3 Å². The molecule has 0 N–H and O–H groups in total. The van der Waals surface area contributed by atoms with Gasteiger partial charge in [0.05, 0.1) is 11.4 Å². The highest BCUT2D eigenvalue weighted by Gasteiger charge is 2.27. The first-order chi connectivity index (χ1) is 9.67. The number of carbonyl (C=O) groups is 1. The maximum absolute atomic E-state index is 13.2. The number of fused-ring (bicyclic) bond motifs is 1. The zero-order chi connectivity index (χ0) is 14.1. The second kappa shape index (κ2) is 5.26. The standard InChI is InChI=1S/C16H14FNOS/c1-2-7-18(10-11-3-4-11)16(19)15-8-12-5-6-13(17)9-14(12)20-15/h1,5-6,8-9,11H,3-4,7,10H2. The van der Waals surface area contributed by atoms with Crippen LogP contribution < -0.4 is 0 Å². The number of thiophene rings is 1. The molecular formula is C16H14FNOS. The number of nitrogens with zero attached hydrogens (tertiary/aromatic N) is 1. The van der Waals surface area contributed by atoms with E-state index in [1.165, 1.54) is 36.3 Å². The summed E-state index contributed by atoms with van der Waals surface area (Å²) < 4.78 is 14.0. The molecule has 1 heterocycles. The Morgan fingerprint density at radius 3 is 2.95 bits per heavy atom. The first-order valence-corrected chi connectivity index (χ1v) is 7.41. The molecule has 0 bridgehead atoms. The fraction of sp³-hybridized carbons (Fsp3) is 0.312. The van der Waals surface area contributed by atoms with Gasteiger partial charge in [-0.25, -0.2) is 4.39 Å². The molecule has 1 fully saturated rings. The molecule has 1 aliphatic rings. The zero-order valence-electron chi connectivity index (χ0n) is 10.9. The average Bonchev–Trinajstić information content (AvgIpc) is 3.14. The molecule has 4 heteroatoms. The highest BCUT2D eigenvalue weighted by Crippen LogP contribution is 2.31. The minimum atomic E-state index is -0.281. The lowest BCUT2D eigenvalue weighted by Gasteiger charge is -2.18. The van der Waals surface area contributed by atoms with E-state index in [0.717, 1.165) is 16.6 Å². The predicted molar refractivity (Wildman–Crippen MR) is 79.2 cm³/mol. The number of hydrogen-bond donors (Lipinski definition) is 0. The molecule has 102 valence electrons. The fourth-order valence-corrected chi connectivity index (χ4v) is 3.26. The van der Waals surface area contributed by atoms with E-state index in [2.05, 4.69) is 5.92 Å². The number of amides is 1. The highest BCUT2D eigenvalue weighted by atomic mass is 32.1. The Balaban J connectivity index is 1.87. The van der Waals surface area contributed by atoms with Crippen molar-refractivity contribution in [1.29, 1.82) is 0 Å². The van der Waals surface area contributed by atoms with Gasteiger partial charge in [-0.2, -0.15) is 0 Å². The summed E-state index contributed by atoms with van der Waals surface area (Å²) >= 11 is 1.32. The van der Waals surface area contributed by atoms with Gasteiger partial charge in [-0.05, 0) is 42.3 Å². The SMILES string of the molecule is C#CCN(CC1CC1)C(=O)c1cc2ccc(F)cc2s1. The Hall–Kier alpha value is -1.86. The van der Waals surface area contributed by atoms with Gasteiger partial charge in [-0.3, -0.25) is 4.79 Å². The van der Waals surface area contributed by atoms with E-state index in [4.69, 9.17) is 6.42 Å². The molecule has 20 heavy (non-hydrogen) atoms. The third-order valence-electron chi connectivity index (χ3n) is 3.44. The third-order valence-corrected chi connectivity index (χ3v) is 4.52. The van der Waals surface area contributed by atoms with Gasteiger partial charge < -0.3 is 4.90 Å². The minimum Gasteiger partial charge on any atom is -0.327 e. The van der Waals surface area contributed by atoms with Crippen LogP contribution in [0.2, 0.25) is 0 Å². The van der Waals surface area contributed by atoms with Crippen molar-refractivity contribution in [3.8, 4) is 12.3 Å². The molecule has 0 atom stereocenters. The molecule has 0 saturated heterocycles. The predicted octanol–water partition coefficient (Wildman–Crippen LogP) is 3.53. The van der Waals surface area contributed by atoms with Crippen LogP contribution in [0.25, 0.3) is 10.1 Å². The lowest BCUT2D eigenvalue weighted by molar-refractivity contribution is 0.0774. The molecule has 3 rings (SSSR count). The van der Waals surface area contributed by atoms with Gasteiger partial charge in [-0.1, -0.05) is 12.0 Å². The van der Waals surface area contributed by atoms with E-state index >= 15 is 0 Å². The van der Waals surface area contributed by atoms with Crippen LogP contribution in [0.3, 0.4) is 0 Å². The lowest BCUT2D eigenvalue weighted by Crippen LogP contribution is -2.32. The molecule has 1 amide bonds. The topological polar surface area (TPSA) is 20.3 Å². The van der Waals surface area contributed by atoms with Crippen LogP contribution in [0.15, 0.2) is 24.3 Å². The maximum atomic E-state index is 13.2. The van der Waals surface area contributed by atoms with Crippen LogP contribution in [-0.2, 0) is 0 Å². The minimum absolute atomic E-state index is 0.0449. The van der Waals surface area contributed by atoms with Crippen LogP contribution in [-0.4, -0.2) is 23.9 Å². The number of hydrogen-bond acceptors (Lipinski definition) is 2. The van der Waals surface area contributed by atoms with Gasteiger partial charge in [-0.15, -0.1) is 17.8 Å². The van der Waals surface area contributed by atoms with Crippen LogP contribution in [0.4, 0.5) is 4.39 Å². The summed E-state index contributed by atoms with van der Waals surface area (Å²) in [5.74, 6) is 2.81. The van der Waals surface area contributed by atoms with Crippen molar-refractivity contribution < 1.29 is 9.18 Å². The van der Waals surface area contributed by atoms with Crippen LogP contribution in [0.1, 0.15) is 22.5 Å². The van der Waals surface area contributed by atoms with Gasteiger partial charge in [0.2, 0.25) is 0 Å². The van der Waals surface area contributed by atoms with Crippen molar-refractivity contribution in [2.24, 2.45) is 5.92 Å². The van der Waals surface area contributed by atoms with Gasteiger partial charge in [0, 0.05) is 11.2 Å². The molecule has 0 spiro atoms. The van der Waals surface area contributed by atoms with Crippen LogP contribution in [0.5, 0.6) is 0 Å². The normalized spacial score (nSPS) is 14.2. The van der Waals surface area contributed by atoms with Gasteiger partial charge in [0.1, 0.15) is 5.82 Å². The smallest absolute Gasteiger partial charge is 0.264 e. The Morgan fingerprint density at radius 2 is 2.25 bits per heavy atom. The maximum Gasteiger partial charge on any atom is 0.264 e. The molecule has 2 aromatic rings. The number of terminal acetylenes is 1. The summed E-state index contributed by atoms with van der Waals surface area (Å²) in [6, 6.07) is 6.39. The molecule has 2 nitrogen and oxygen atoms in total. The van der Waals surface area contributed by atoms with E-state index in [0.29, 0.717) is 17.3 Å². The lowest BCUT2D eigenvalue weighted by atomic mass is 10.2. The van der Waals surface area contributed by atoms with Crippen molar-refractivity contribution in [3.05, 3.63) is 35.0 Å². The second-order valence-electron chi connectivity index (χ2n) is 5.13. The summed E-state index contributed by atoms with van der Waals surface area (Å²) in [6.45, 7) is 1.06. The number of carbonyl (C=O) groups excluding carboxylic acids is 1. The summed E-state index contributed by atoms with van der Waals surface area (Å²) in [4.78, 5) is 14.8. The fourth-order valence-electron chi connectivity index (χ4n) is 2.21. The molecular weight excluding hydrogens is 273 g/mol. The van der Waals surface area contributed by atoms with Crippen molar-refractivity contribution in [1.82, 2.24) is 4.90 Å². The third kappa shape index (κ3) is 2.68. The quantitative estimate of drug-likeness (QED) is 0.788. The number of halogens is 1. The zero-order valence-corrected chi connectivity index (χ0v) is 11.8. The summed E-state index contributed by atoms with van der Waals surface area (Å²) in [5.41, 5.74) is 0. The van der Waals surface area contributed by atoms with Crippen LogP contribution in [0, 0.1) is 24.1 Å². The van der Waals surface area contributed by atoms with Gasteiger partial charge in [0.25, 0.3) is 5.91 Å². The van der Waals surface area contributed by atoms with Crippen molar-refractivity contribution in [2.75, 3.05) is 13.1 Å². The Bertz CT molecular complexity index is 696. The average molecular weight is 287 g/mol. The number of rotatable bonds is 4. The monoisotopic (exact) mass is 287 g/mol. The van der Waals surface area contributed by atoms with Crippen LogP contribution >= 0.6 is 11.3 Å². The molecule has 1 aromatic heterocycles. The Labute approximate surface area is 121 Å². The van der Waals surface area contributed by atoms with E-state index in [1.807, 2.05) is 6.07 Å². The summed E-state index contributed by atoms with van der Waals surface area (Å²) in [6.07, 6.45) is 7.69. The Kier molecular flexibility index (Phi) is 3.45. The van der Waals surface area contributed by atoms with Crippen molar-refractivity contribution in [2.45, 2.75) is 12.8 Å². The van der Waals surface area contributed by atoms with E-state index in [1.54, 1.807) is 11.0 Å². The first kappa shape index (κ1) is 13.1. The van der Waals surface area contributed by atoms with Gasteiger partial charge in [0.15, 0.2) is 0 Å². The molecule has 0 aliphatic heterocycles. The van der Waals surface area contributed by atoms with Crippen molar-refractivity contribution in [3.63, 3.8) is 0 Å². The largest absolute Gasteiger partial charge is 0.327 e. The highest BCUT2D eigenvalue weighted by molar-refractivity contribution is 7.20. The Morgan fingerprint density at radius 1 is 1.45 bits per heavy atom. The molecule has 1 aliphatic carbocycles. The van der Waals surface area contributed by atoms with E-state index in [-0.39, 0.29) is 11.7 Å². The second-order valence-corrected chi connectivity index (χ2v) is 6.21. The summed E-state index contributed by atoms with van der Waals surface area (Å²) in [7, 11) is 0. The molecule has 0 unspecified atom stereocenters. The molecule has 0 radical (unpaired) electrons. The molecule has 1 saturated carbocycles. The first-order valence-electron chi connectivity index (χ1n) is 6.59. The summed E-state index contributed by atoms with van der Waals surface area (Å²) in [5, 5.41) is 0.895. The van der Waals surface area contributed by atoms with Gasteiger partial charge >= 0.3 is 0 Å². The molecule has 1 aromatic carbocycles. The van der Waals surface area contributed by atoms with E-state index < -0.39 is 0 Å². The van der Waals surface area contributed by atoms with E-state index in [9.17, 15) is 9.18 Å². The number of benzene rings is 1.